The number of carbonyl (C=O) groups is 1. The predicted molar refractivity (Wildman–Crippen MR) is 86.9 cm³/mol. The second-order valence-corrected chi connectivity index (χ2v) is 7.92. The summed E-state index contributed by atoms with van der Waals surface area (Å²) in [6, 6.07) is 0. The molecule has 5 aliphatic rings. The Morgan fingerprint density at radius 2 is 2.25 bits per heavy atom. The minimum atomic E-state index is -1.05. The zero-order chi connectivity index (χ0) is 16.7. The summed E-state index contributed by atoms with van der Waals surface area (Å²) in [5, 5.41) is 21.0. The number of hydrogen-bond donors (Lipinski definition) is 2. The summed E-state index contributed by atoms with van der Waals surface area (Å²) >= 11 is 0. The van der Waals surface area contributed by atoms with Crippen LogP contribution in [-0.2, 0) is 9.53 Å². The monoisotopic (exact) mass is 324 g/mol. The lowest BCUT2D eigenvalue weighted by Gasteiger charge is -2.46. The van der Waals surface area contributed by atoms with E-state index in [9.17, 15) is 15.0 Å². The normalized spacial score (nSPS) is 45.1. The van der Waals surface area contributed by atoms with Crippen LogP contribution in [0.1, 0.15) is 32.6 Å². The van der Waals surface area contributed by atoms with Crippen LogP contribution in [0.5, 0.6) is 0 Å². The lowest BCUT2D eigenvalue weighted by atomic mass is 9.58. The average molecular weight is 324 g/mol. The van der Waals surface area contributed by atoms with Gasteiger partial charge in [0.2, 0.25) is 0 Å². The van der Waals surface area contributed by atoms with Crippen LogP contribution in [0.25, 0.3) is 0 Å². The van der Waals surface area contributed by atoms with Gasteiger partial charge in [0.05, 0.1) is 6.42 Å². The molecule has 4 heteroatoms. The first-order valence-electron chi connectivity index (χ1n) is 8.63. The summed E-state index contributed by atoms with van der Waals surface area (Å²) in [7, 11) is 0. The molecule has 24 heavy (non-hydrogen) atoms. The van der Waals surface area contributed by atoms with Crippen molar-refractivity contribution < 1.29 is 19.7 Å². The van der Waals surface area contributed by atoms with Crippen LogP contribution >= 0.6 is 0 Å². The fourth-order valence-corrected chi connectivity index (χ4v) is 5.56. The number of carbonyl (C=O) groups excluding carboxylic acids is 1. The van der Waals surface area contributed by atoms with Gasteiger partial charge < -0.3 is 14.9 Å². The molecule has 0 bridgehead atoms. The summed E-state index contributed by atoms with van der Waals surface area (Å²) in [6.07, 6.45) is 9.72. The van der Waals surface area contributed by atoms with Crippen LogP contribution in [0.4, 0.5) is 0 Å². The van der Waals surface area contributed by atoms with Crippen LogP contribution in [0.3, 0.4) is 0 Å². The van der Waals surface area contributed by atoms with E-state index in [1.807, 2.05) is 12.2 Å². The molecular formula is C20H20O4. The Bertz CT molecular complexity index is 823. The molecule has 5 atom stereocenters. The van der Waals surface area contributed by atoms with Gasteiger partial charge in [0.15, 0.2) is 0 Å². The SMILES string of the molecule is C[C@]12CCC3=C(C=C=C4C=C(O)C=C[C@@H]43)[C@@H]1CC1OC(=O)C[C@@]12O. The molecule has 1 saturated carbocycles. The zero-order valence-electron chi connectivity index (χ0n) is 13.6. The number of fused-ring (bicyclic) bond motifs is 6. The van der Waals surface area contributed by atoms with Gasteiger partial charge >= 0.3 is 5.97 Å². The highest BCUT2D eigenvalue weighted by molar-refractivity contribution is 5.74. The first kappa shape index (κ1) is 14.3. The predicted octanol–water partition coefficient (Wildman–Crippen LogP) is 2.87. The maximum absolute atomic E-state index is 11.7. The van der Waals surface area contributed by atoms with E-state index in [0.717, 1.165) is 18.4 Å². The Kier molecular flexibility index (Phi) is 2.58. The highest BCUT2D eigenvalue weighted by Crippen LogP contribution is 2.64. The average Bonchev–Trinajstić information content (AvgIpc) is 2.94. The van der Waals surface area contributed by atoms with Crippen molar-refractivity contribution in [1.82, 2.24) is 0 Å². The molecule has 4 nitrogen and oxygen atoms in total. The molecule has 5 rings (SSSR count). The van der Waals surface area contributed by atoms with E-state index in [1.54, 1.807) is 12.2 Å². The number of ether oxygens (including phenoxy) is 1. The third-order valence-corrected chi connectivity index (χ3v) is 6.96. The smallest absolute Gasteiger partial charge is 0.309 e. The van der Waals surface area contributed by atoms with Gasteiger partial charge in [-0.25, -0.2) is 0 Å². The molecule has 0 aromatic rings. The summed E-state index contributed by atoms with van der Waals surface area (Å²) < 4.78 is 5.44. The first-order chi connectivity index (χ1) is 11.4. The van der Waals surface area contributed by atoms with Crippen LogP contribution in [0.2, 0.25) is 0 Å². The van der Waals surface area contributed by atoms with Crippen LogP contribution in [0.15, 0.2) is 52.5 Å². The third-order valence-electron chi connectivity index (χ3n) is 6.96. The Labute approximate surface area is 140 Å². The van der Waals surface area contributed by atoms with Crippen molar-refractivity contribution >= 4 is 5.97 Å². The van der Waals surface area contributed by atoms with Crippen molar-refractivity contribution in [1.29, 1.82) is 0 Å². The van der Waals surface area contributed by atoms with Crippen LogP contribution < -0.4 is 0 Å². The molecule has 1 saturated heterocycles. The molecule has 2 N–H and O–H groups in total. The third kappa shape index (κ3) is 1.56. The minimum Gasteiger partial charge on any atom is -0.508 e. The van der Waals surface area contributed by atoms with Crippen LogP contribution in [0, 0.1) is 17.3 Å². The molecule has 0 aromatic heterocycles. The van der Waals surface area contributed by atoms with Gasteiger partial charge in [-0.3, -0.25) is 4.79 Å². The summed E-state index contributed by atoms with van der Waals surface area (Å²) in [5.41, 5.74) is 5.54. The maximum Gasteiger partial charge on any atom is 0.309 e. The molecule has 2 fully saturated rings. The highest BCUT2D eigenvalue weighted by Gasteiger charge is 2.68. The second-order valence-electron chi connectivity index (χ2n) is 7.92. The van der Waals surface area contributed by atoms with Gasteiger partial charge in [-0.2, -0.15) is 0 Å². The van der Waals surface area contributed by atoms with Gasteiger partial charge in [-0.05, 0) is 49.0 Å². The number of esters is 1. The second kappa shape index (κ2) is 4.33. The number of hydrogen-bond acceptors (Lipinski definition) is 4. The van der Waals surface area contributed by atoms with Gasteiger partial charge in [0.1, 0.15) is 17.5 Å². The van der Waals surface area contributed by atoms with E-state index in [1.165, 1.54) is 11.1 Å². The van der Waals surface area contributed by atoms with Gasteiger partial charge in [-0.1, -0.05) is 18.6 Å². The van der Waals surface area contributed by atoms with Gasteiger partial charge in [0, 0.05) is 16.9 Å². The molecule has 0 aromatic carbocycles. The lowest BCUT2D eigenvalue weighted by Crippen LogP contribution is -2.50. The number of rotatable bonds is 0. The molecule has 0 amide bonds. The van der Waals surface area contributed by atoms with E-state index >= 15 is 0 Å². The minimum absolute atomic E-state index is 0.109. The maximum atomic E-state index is 11.7. The fraction of sp³-hybridized carbons (Fsp3) is 0.500. The Morgan fingerprint density at radius 3 is 3.08 bits per heavy atom. The van der Waals surface area contributed by atoms with Crippen molar-refractivity contribution in [3.05, 3.63) is 52.5 Å². The summed E-state index contributed by atoms with van der Waals surface area (Å²) in [6.45, 7) is 2.11. The molecule has 0 radical (unpaired) electrons. The Morgan fingerprint density at radius 1 is 1.42 bits per heavy atom. The lowest BCUT2D eigenvalue weighted by molar-refractivity contribution is -0.142. The standard InChI is InChI=1S/C20H20O4/c1-19-7-6-14-13-5-3-12(21)8-11(13)2-4-15(14)16(19)9-17-20(19,23)10-18(22)24-17/h3-5,8,13,16-17,21,23H,6-7,9-10H2,1H3/t13-,16-,17?,19-,20+/m0/s1. The van der Waals surface area contributed by atoms with E-state index in [-0.39, 0.29) is 35.4 Å². The van der Waals surface area contributed by atoms with E-state index < -0.39 is 11.7 Å². The first-order valence-corrected chi connectivity index (χ1v) is 8.63. The molecule has 0 spiro atoms. The molecule has 1 unspecified atom stereocenters. The number of aliphatic hydroxyl groups is 2. The highest BCUT2D eigenvalue weighted by atomic mass is 16.6. The largest absolute Gasteiger partial charge is 0.508 e. The number of aliphatic hydroxyl groups excluding tert-OH is 1. The van der Waals surface area contributed by atoms with Crippen LogP contribution in [-0.4, -0.2) is 27.9 Å². The van der Waals surface area contributed by atoms with Gasteiger partial charge in [0.25, 0.3) is 0 Å². The fourth-order valence-electron chi connectivity index (χ4n) is 5.56. The molecule has 124 valence electrons. The van der Waals surface area contributed by atoms with Crippen molar-refractivity contribution in [3.8, 4) is 0 Å². The topological polar surface area (TPSA) is 66.8 Å². The molecule has 1 aliphatic heterocycles. The molecule has 1 heterocycles. The van der Waals surface area contributed by atoms with E-state index in [0.29, 0.717) is 6.42 Å². The Hall–Kier alpha value is -2.03. The molecular weight excluding hydrogens is 304 g/mol. The van der Waals surface area contributed by atoms with Crippen molar-refractivity contribution in [3.63, 3.8) is 0 Å². The van der Waals surface area contributed by atoms with E-state index in [2.05, 4.69) is 12.7 Å². The van der Waals surface area contributed by atoms with Gasteiger partial charge in [-0.15, -0.1) is 5.73 Å². The van der Waals surface area contributed by atoms with Crippen molar-refractivity contribution in [2.75, 3.05) is 0 Å². The van der Waals surface area contributed by atoms with Crippen molar-refractivity contribution in [2.45, 2.75) is 44.3 Å². The zero-order valence-corrected chi connectivity index (χ0v) is 13.6. The van der Waals surface area contributed by atoms with Crippen molar-refractivity contribution in [2.24, 2.45) is 17.3 Å². The quantitative estimate of drug-likeness (QED) is 0.531. The summed E-state index contributed by atoms with van der Waals surface area (Å²) in [4.78, 5) is 11.7. The number of allylic oxidation sites excluding steroid dienone is 6. The van der Waals surface area contributed by atoms with E-state index in [4.69, 9.17) is 4.74 Å². The Balaban J connectivity index is 1.61. The molecule has 4 aliphatic carbocycles. The summed E-state index contributed by atoms with van der Waals surface area (Å²) in [5.74, 6) is 0.344.